The number of carbonyl (C=O) groups is 1. The lowest BCUT2D eigenvalue weighted by Gasteiger charge is -2.12. The van der Waals surface area contributed by atoms with E-state index in [0.29, 0.717) is 22.1 Å². The van der Waals surface area contributed by atoms with Gasteiger partial charge >= 0.3 is 0 Å². The highest BCUT2D eigenvalue weighted by atomic mass is 32.2. The lowest BCUT2D eigenvalue weighted by atomic mass is 10.2. The summed E-state index contributed by atoms with van der Waals surface area (Å²) in [6.45, 7) is 0. The van der Waals surface area contributed by atoms with Gasteiger partial charge in [-0.2, -0.15) is 0 Å². The van der Waals surface area contributed by atoms with Gasteiger partial charge in [0.15, 0.2) is 5.13 Å². The van der Waals surface area contributed by atoms with Crippen LogP contribution in [0.5, 0.6) is 5.75 Å². The Balaban J connectivity index is 1.50. The van der Waals surface area contributed by atoms with Crippen LogP contribution in [0.2, 0.25) is 0 Å². The Kier molecular flexibility index (Phi) is 5.39. The van der Waals surface area contributed by atoms with E-state index in [-0.39, 0.29) is 10.8 Å². The molecule has 0 fully saturated rings. The largest absolute Gasteiger partial charge is 0.495 e. The molecular weight excluding hydrogens is 422 g/mol. The molecule has 1 amide bonds. The molecule has 3 aromatic carbocycles. The summed E-state index contributed by atoms with van der Waals surface area (Å²) < 4.78 is 34.0. The molecule has 9 heteroatoms. The van der Waals surface area contributed by atoms with Crippen LogP contribution in [0.25, 0.3) is 10.2 Å². The Bertz CT molecular complexity index is 1280. The summed E-state index contributed by atoms with van der Waals surface area (Å²) >= 11 is 1.37. The van der Waals surface area contributed by atoms with Crippen molar-refractivity contribution >= 4 is 48.3 Å². The van der Waals surface area contributed by atoms with E-state index in [1.807, 2.05) is 24.3 Å². The highest BCUT2D eigenvalue weighted by Gasteiger charge is 2.17. The summed E-state index contributed by atoms with van der Waals surface area (Å²) in [6, 6.07) is 20.0. The van der Waals surface area contributed by atoms with Crippen LogP contribution in [0.1, 0.15) is 10.4 Å². The topological polar surface area (TPSA) is 97.4 Å². The van der Waals surface area contributed by atoms with Crippen LogP contribution in [0.15, 0.2) is 77.7 Å². The predicted octanol–water partition coefficient (Wildman–Crippen LogP) is 4.36. The van der Waals surface area contributed by atoms with E-state index in [1.165, 1.54) is 42.7 Å². The Morgan fingerprint density at radius 2 is 1.67 bits per heavy atom. The van der Waals surface area contributed by atoms with Gasteiger partial charge in [0.05, 0.1) is 27.9 Å². The number of aromatic nitrogens is 1. The third-order valence-corrected chi connectivity index (χ3v) is 6.63. The fraction of sp³-hybridized carbons (Fsp3) is 0.0476. The van der Waals surface area contributed by atoms with E-state index in [2.05, 4.69) is 15.0 Å². The van der Waals surface area contributed by atoms with E-state index in [1.54, 1.807) is 24.3 Å². The number of benzene rings is 3. The van der Waals surface area contributed by atoms with Crippen molar-refractivity contribution in [3.05, 3.63) is 78.4 Å². The maximum absolute atomic E-state index is 12.7. The molecule has 0 aliphatic rings. The molecule has 0 radical (unpaired) electrons. The highest BCUT2D eigenvalue weighted by Crippen LogP contribution is 2.27. The lowest BCUT2D eigenvalue weighted by Crippen LogP contribution is -2.15. The van der Waals surface area contributed by atoms with Crippen molar-refractivity contribution in [3.8, 4) is 5.75 Å². The van der Waals surface area contributed by atoms with E-state index in [9.17, 15) is 13.2 Å². The Morgan fingerprint density at radius 3 is 2.40 bits per heavy atom. The third-order valence-electron chi connectivity index (χ3n) is 4.29. The van der Waals surface area contributed by atoms with Crippen LogP contribution >= 0.6 is 11.3 Å². The molecule has 0 aliphatic heterocycles. The minimum atomic E-state index is -3.84. The van der Waals surface area contributed by atoms with Crippen molar-refractivity contribution in [1.82, 2.24) is 4.98 Å². The molecule has 0 saturated heterocycles. The standard InChI is InChI=1S/C21H17N3O4S2/c1-28-18-8-4-2-6-16(18)24-30(26,27)15-12-10-14(11-13-15)20(25)23-21-22-17-7-3-5-9-19(17)29-21/h2-13,24H,1H3,(H,22,23,25). The molecule has 0 spiro atoms. The second-order valence-electron chi connectivity index (χ2n) is 6.27. The van der Waals surface area contributed by atoms with Crippen molar-refractivity contribution in [1.29, 1.82) is 0 Å². The Hall–Kier alpha value is -3.43. The van der Waals surface area contributed by atoms with Crippen molar-refractivity contribution in [3.63, 3.8) is 0 Å². The third kappa shape index (κ3) is 4.12. The zero-order valence-corrected chi connectivity index (χ0v) is 17.5. The van der Waals surface area contributed by atoms with Gasteiger partial charge in [-0.3, -0.25) is 14.8 Å². The highest BCUT2D eigenvalue weighted by molar-refractivity contribution is 7.92. The monoisotopic (exact) mass is 439 g/mol. The van der Waals surface area contributed by atoms with Crippen LogP contribution in [-0.4, -0.2) is 26.4 Å². The summed E-state index contributed by atoms with van der Waals surface area (Å²) in [5, 5.41) is 3.23. The first-order valence-corrected chi connectivity index (χ1v) is 11.2. The first kappa shape index (κ1) is 19.9. The molecule has 1 heterocycles. The number of carbonyl (C=O) groups excluding carboxylic acids is 1. The van der Waals surface area contributed by atoms with Crippen molar-refractivity contribution in [2.24, 2.45) is 0 Å². The average molecular weight is 440 g/mol. The number of fused-ring (bicyclic) bond motifs is 1. The summed E-state index contributed by atoms with van der Waals surface area (Å²) in [5.74, 6) is 0.0450. The molecule has 4 rings (SSSR count). The fourth-order valence-electron chi connectivity index (χ4n) is 2.81. The van der Waals surface area contributed by atoms with E-state index < -0.39 is 10.0 Å². The molecule has 30 heavy (non-hydrogen) atoms. The van der Waals surface area contributed by atoms with Crippen LogP contribution in [-0.2, 0) is 10.0 Å². The van der Waals surface area contributed by atoms with Crippen molar-refractivity contribution in [2.75, 3.05) is 17.1 Å². The number of amides is 1. The molecule has 0 saturated carbocycles. The number of ether oxygens (including phenoxy) is 1. The molecule has 2 N–H and O–H groups in total. The summed E-state index contributed by atoms with van der Waals surface area (Å²) in [4.78, 5) is 16.9. The quantitative estimate of drug-likeness (QED) is 0.465. The number of sulfonamides is 1. The van der Waals surface area contributed by atoms with Crippen LogP contribution < -0.4 is 14.8 Å². The van der Waals surface area contributed by atoms with E-state index in [4.69, 9.17) is 4.74 Å². The molecule has 152 valence electrons. The van der Waals surface area contributed by atoms with Gasteiger partial charge < -0.3 is 4.74 Å². The molecular formula is C21H17N3O4S2. The van der Waals surface area contributed by atoms with Gasteiger partial charge in [0, 0.05) is 5.56 Å². The van der Waals surface area contributed by atoms with Gasteiger partial charge in [-0.25, -0.2) is 13.4 Å². The molecule has 4 aromatic rings. The minimum Gasteiger partial charge on any atom is -0.495 e. The van der Waals surface area contributed by atoms with Gasteiger partial charge in [-0.15, -0.1) is 0 Å². The molecule has 1 aromatic heterocycles. The second-order valence-corrected chi connectivity index (χ2v) is 8.98. The van der Waals surface area contributed by atoms with Gasteiger partial charge in [0.2, 0.25) is 0 Å². The second kappa shape index (κ2) is 8.13. The van der Waals surface area contributed by atoms with Crippen molar-refractivity contribution < 1.29 is 17.9 Å². The van der Waals surface area contributed by atoms with Gasteiger partial charge in [-0.1, -0.05) is 35.6 Å². The van der Waals surface area contributed by atoms with E-state index >= 15 is 0 Å². The number of rotatable bonds is 6. The van der Waals surface area contributed by atoms with Crippen LogP contribution in [0.4, 0.5) is 10.8 Å². The van der Waals surface area contributed by atoms with Gasteiger partial charge in [0.1, 0.15) is 5.75 Å². The predicted molar refractivity (Wildman–Crippen MR) is 118 cm³/mol. The number of thiazole rings is 1. The van der Waals surface area contributed by atoms with Gasteiger partial charge in [0.25, 0.3) is 15.9 Å². The molecule has 0 bridgehead atoms. The minimum absolute atomic E-state index is 0.0324. The first-order valence-electron chi connectivity index (χ1n) is 8.89. The number of nitrogens with one attached hydrogen (secondary N) is 2. The average Bonchev–Trinajstić information content (AvgIpc) is 3.16. The zero-order chi connectivity index (χ0) is 21.1. The number of nitrogens with zero attached hydrogens (tertiary/aromatic N) is 1. The SMILES string of the molecule is COc1ccccc1NS(=O)(=O)c1ccc(C(=O)Nc2nc3ccccc3s2)cc1. The molecule has 7 nitrogen and oxygen atoms in total. The van der Waals surface area contributed by atoms with Crippen LogP contribution in [0, 0.1) is 0 Å². The smallest absolute Gasteiger partial charge is 0.262 e. The number of para-hydroxylation sites is 3. The van der Waals surface area contributed by atoms with E-state index in [0.717, 1.165) is 10.2 Å². The number of hydrogen-bond donors (Lipinski definition) is 2. The number of hydrogen-bond acceptors (Lipinski definition) is 6. The van der Waals surface area contributed by atoms with Gasteiger partial charge in [-0.05, 0) is 48.5 Å². The molecule has 0 atom stereocenters. The maximum atomic E-state index is 12.7. The molecule has 0 aliphatic carbocycles. The fourth-order valence-corrected chi connectivity index (χ4v) is 4.74. The van der Waals surface area contributed by atoms with Crippen molar-refractivity contribution in [2.45, 2.75) is 4.90 Å². The Labute approximate surface area is 177 Å². The lowest BCUT2D eigenvalue weighted by molar-refractivity contribution is 0.102. The van der Waals surface area contributed by atoms with Crippen LogP contribution in [0.3, 0.4) is 0 Å². The first-order chi connectivity index (χ1) is 14.5. The summed E-state index contributed by atoms with van der Waals surface area (Å²) in [6.07, 6.45) is 0. The maximum Gasteiger partial charge on any atom is 0.262 e. The zero-order valence-electron chi connectivity index (χ0n) is 15.8. The number of methoxy groups -OCH3 is 1. The summed E-state index contributed by atoms with van der Waals surface area (Å²) in [5.41, 5.74) is 1.46. The number of anilines is 2. The Morgan fingerprint density at radius 1 is 0.967 bits per heavy atom. The normalized spacial score (nSPS) is 11.2. The molecule has 0 unspecified atom stereocenters. The summed E-state index contributed by atoms with van der Waals surface area (Å²) in [7, 11) is -2.37.